The first-order valence-electron chi connectivity index (χ1n) is 17.8. The SMILES string of the molecule is C=CCNC(=O)C[C@H](NC(=O)[C@@H](NC(=O)OCC=C)C(C)C)C(=O)N[C@@H](CC(C)C)[C@@H](O)C[C@@H](C)C(=O)N[C@H](C(=O)NCc1ccccc1)C(C)C. The van der Waals surface area contributed by atoms with Crippen molar-refractivity contribution in [3.63, 3.8) is 0 Å². The first-order chi connectivity index (χ1) is 24.5. The zero-order valence-electron chi connectivity index (χ0n) is 31.7. The molecular formula is C38H60N6O8. The smallest absolute Gasteiger partial charge is 0.408 e. The van der Waals surface area contributed by atoms with E-state index in [1.807, 2.05) is 58.0 Å². The van der Waals surface area contributed by atoms with Crippen LogP contribution in [0.15, 0.2) is 55.6 Å². The molecule has 1 aromatic carbocycles. The van der Waals surface area contributed by atoms with E-state index in [1.54, 1.807) is 20.8 Å². The Balaban J connectivity index is 3.11. The van der Waals surface area contributed by atoms with E-state index in [0.717, 1.165) is 5.56 Å². The number of hydrogen-bond donors (Lipinski definition) is 7. The van der Waals surface area contributed by atoms with Crippen LogP contribution in [-0.2, 0) is 35.3 Å². The second kappa shape index (κ2) is 23.7. The van der Waals surface area contributed by atoms with Gasteiger partial charge in [-0.15, -0.1) is 6.58 Å². The molecule has 1 aromatic rings. The number of aliphatic hydroxyl groups is 1. The Kier molecular flexibility index (Phi) is 20.6. The van der Waals surface area contributed by atoms with Crippen LogP contribution in [0.3, 0.4) is 0 Å². The number of aliphatic hydroxyl groups excluding tert-OH is 1. The number of rotatable bonds is 23. The molecular weight excluding hydrogens is 668 g/mol. The van der Waals surface area contributed by atoms with Gasteiger partial charge in [0.2, 0.25) is 29.5 Å². The topological polar surface area (TPSA) is 204 Å². The highest BCUT2D eigenvalue weighted by atomic mass is 16.5. The lowest BCUT2D eigenvalue weighted by atomic mass is 9.91. The largest absolute Gasteiger partial charge is 0.445 e. The summed E-state index contributed by atoms with van der Waals surface area (Å²) in [7, 11) is 0. The second-order valence-corrected chi connectivity index (χ2v) is 14.0. The highest BCUT2D eigenvalue weighted by Gasteiger charge is 2.34. The number of carbonyl (C=O) groups excluding carboxylic acids is 6. The predicted molar refractivity (Wildman–Crippen MR) is 199 cm³/mol. The molecule has 1 rings (SSSR count). The van der Waals surface area contributed by atoms with Gasteiger partial charge < -0.3 is 41.7 Å². The Morgan fingerprint density at radius 2 is 1.35 bits per heavy atom. The van der Waals surface area contributed by atoms with Gasteiger partial charge in [-0.3, -0.25) is 24.0 Å². The van der Waals surface area contributed by atoms with Crippen molar-refractivity contribution in [2.45, 2.75) is 105 Å². The lowest BCUT2D eigenvalue weighted by Gasteiger charge is -2.30. The van der Waals surface area contributed by atoms with Crippen LogP contribution in [0.4, 0.5) is 4.79 Å². The van der Waals surface area contributed by atoms with E-state index in [0.29, 0.717) is 13.0 Å². The molecule has 0 aliphatic heterocycles. The third-order valence-corrected chi connectivity index (χ3v) is 8.14. The fourth-order valence-electron chi connectivity index (χ4n) is 5.21. The molecule has 7 N–H and O–H groups in total. The fourth-order valence-corrected chi connectivity index (χ4v) is 5.21. The third-order valence-electron chi connectivity index (χ3n) is 8.14. The summed E-state index contributed by atoms with van der Waals surface area (Å²) >= 11 is 0. The summed E-state index contributed by atoms with van der Waals surface area (Å²) in [5.74, 6) is -4.16. The normalized spacial score (nSPS) is 14.5. The number of nitrogens with one attached hydrogen (secondary N) is 6. The number of alkyl carbamates (subject to hydrolysis) is 1. The van der Waals surface area contributed by atoms with E-state index in [1.165, 1.54) is 12.2 Å². The van der Waals surface area contributed by atoms with Crippen molar-refractivity contribution in [2.24, 2.45) is 23.7 Å². The Morgan fingerprint density at radius 1 is 0.731 bits per heavy atom. The molecule has 0 aliphatic rings. The maximum Gasteiger partial charge on any atom is 0.408 e. The molecule has 290 valence electrons. The third kappa shape index (κ3) is 17.0. The second-order valence-electron chi connectivity index (χ2n) is 14.0. The van der Waals surface area contributed by atoms with Gasteiger partial charge >= 0.3 is 6.09 Å². The van der Waals surface area contributed by atoms with Crippen molar-refractivity contribution in [1.82, 2.24) is 31.9 Å². The maximum atomic E-state index is 13.7. The van der Waals surface area contributed by atoms with Gasteiger partial charge in [0, 0.05) is 19.0 Å². The Hall–Kier alpha value is -4.72. The first kappa shape index (κ1) is 45.3. The molecule has 0 bridgehead atoms. The van der Waals surface area contributed by atoms with Crippen LogP contribution in [0.5, 0.6) is 0 Å². The Morgan fingerprint density at radius 3 is 1.90 bits per heavy atom. The number of hydrogen-bond acceptors (Lipinski definition) is 8. The number of ether oxygens (including phenoxy) is 1. The van der Waals surface area contributed by atoms with Crippen LogP contribution in [0, 0.1) is 23.7 Å². The van der Waals surface area contributed by atoms with Gasteiger partial charge in [-0.05, 0) is 36.2 Å². The summed E-state index contributed by atoms with van der Waals surface area (Å²) in [5.41, 5.74) is 0.916. The standard InChI is InChI=1S/C38H60N6O8/c1-10-17-39-31(46)21-29(42-37(50)33(25(7)8)44-38(51)52-18-11-2)35(48)41-28(19-23(3)4)30(45)20-26(9)34(47)43-32(24(5)6)36(49)40-22-27-15-13-12-14-16-27/h10-16,23-26,28-30,32-33,45H,1-2,17-22H2,3-9H3,(H,39,46)(H,40,49)(H,41,48)(H,42,50)(H,43,47)(H,44,51)/t26-,28+,29+,30+,32+,33+/m1/s1. The summed E-state index contributed by atoms with van der Waals surface area (Å²) < 4.78 is 4.94. The molecule has 0 unspecified atom stereocenters. The van der Waals surface area contributed by atoms with Crippen molar-refractivity contribution in [1.29, 1.82) is 0 Å². The van der Waals surface area contributed by atoms with Crippen LogP contribution in [0.2, 0.25) is 0 Å². The van der Waals surface area contributed by atoms with E-state index in [9.17, 15) is 33.9 Å². The maximum absolute atomic E-state index is 13.7. The van der Waals surface area contributed by atoms with Crippen molar-refractivity contribution >= 4 is 35.6 Å². The molecule has 52 heavy (non-hydrogen) atoms. The number of carbonyl (C=O) groups is 6. The molecule has 0 saturated carbocycles. The summed E-state index contributed by atoms with van der Waals surface area (Å²) in [6, 6.07) is 5.24. The minimum Gasteiger partial charge on any atom is -0.445 e. The molecule has 0 aliphatic carbocycles. The molecule has 0 saturated heterocycles. The summed E-state index contributed by atoms with van der Waals surface area (Å²) in [4.78, 5) is 78.3. The predicted octanol–water partition coefficient (Wildman–Crippen LogP) is 2.48. The van der Waals surface area contributed by atoms with Gasteiger partial charge in [0.05, 0.1) is 18.6 Å². The molecule has 0 heterocycles. The van der Waals surface area contributed by atoms with Crippen molar-refractivity contribution in [3.8, 4) is 0 Å². The Bertz CT molecular complexity index is 1340. The van der Waals surface area contributed by atoms with Crippen LogP contribution < -0.4 is 31.9 Å². The van der Waals surface area contributed by atoms with E-state index in [-0.39, 0.29) is 37.3 Å². The molecule has 0 spiro atoms. The zero-order valence-corrected chi connectivity index (χ0v) is 31.7. The first-order valence-corrected chi connectivity index (χ1v) is 17.8. The fraction of sp³-hybridized carbons (Fsp3) is 0.579. The molecule has 0 aromatic heterocycles. The van der Waals surface area contributed by atoms with Crippen LogP contribution in [0.1, 0.15) is 73.3 Å². The van der Waals surface area contributed by atoms with E-state index >= 15 is 0 Å². The number of benzene rings is 1. The Labute approximate surface area is 308 Å². The minimum absolute atomic E-state index is 0.00254. The van der Waals surface area contributed by atoms with Crippen LogP contribution in [-0.4, -0.2) is 84.2 Å². The van der Waals surface area contributed by atoms with Gasteiger partial charge in [-0.2, -0.15) is 0 Å². The van der Waals surface area contributed by atoms with Gasteiger partial charge in [0.1, 0.15) is 24.7 Å². The molecule has 0 radical (unpaired) electrons. The zero-order chi connectivity index (χ0) is 39.4. The lowest BCUT2D eigenvalue weighted by Crippen LogP contribution is -2.58. The minimum atomic E-state index is -1.38. The molecule has 6 atom stereocenters. The number of amides is 6. The van der Waals surface area contributed by atoms with Crippen molar-refractivity contribution < 1.29 is 38.6 Å². The quantitative estimate of drug-likeness (QED) is 0.0833. The van der Waals surface area contributed by atoms with Crippen LogP contribution >= 0.6 is 0 Å². The van der Waals surface area contributed by atoms with E-state index < -0.39 is 78.2 Å². The molecule has 14 heteroatoms. The van der Waals surface area contributed by atoms with Gasteiger partial charge in [-0.25, -0.2) is 4.79 Å². The monoisotopic (exact) mass is 728 g/mol. The molecule has 0 fully saturated rings. The summed E-state index contributed by atoms with van der Waals surface area (Å²) in [6.45, 7) is 19.9. The van der Waals surface area contributed by atoms with Crippen LogP contribution in [0.25, 0.3) is 0 Å². The van der Waals surface area contributed by atoms with E-state index in [2.05, 4.69) is 45.1 Å². The molecule has 6 amide bonds. The summed E-state index contributed by atoms with van der Waals surface area (Å²) in [6.07, 6.45) is 0.595. The van der Waals surface area contributed by atoms with Gasteiger partial charge in [-0.1, -0.05) is 97.5 Å². The highest BCUT2D eigenvalue weighted by Crippen LogP contribution is 2.17. The average molecular weight is 729 g/mol. The van der Waals surface area contributed by atoms with Gasteiger partial charge in [0.15, 0.2) is 0 Å². The van der Waals surface area contributed by atoms with E-state index in [4.69, 9.17) is 4.74 Å². The average Bonchev–Trinajstić information content (AvgIpc) is 3.08. The van der Waals surface area contributed by atoms with Crippen molar-refractivity contribution in [2.75, 3.05) is 13.2 Å². The summed E-state index contributed by atoms with van der Waals surface area (Å²) in [5, 5.41) is 27.4. The van der Waals surface area contributed by atoms with Crippen molar-refractivity contribution in [3.05, 3.63) is 61.2 Å². The van der Waals surface area contributed by atoms with Gasteiger partial charge in [0.25, 0.3) is 0 Å². The molecule has 14 nitrogen and oxygen atoms in total. The highest BCUT2D eigenvalue weighted by molar-refractivity contribution is 5.94. The lowest BCUT2D eigenvalue weighted by molar-refractivity contribution is -0.134.